The van der Waals surface area contributed by atoms with Crippen molar-refractivity contribution >= 4 is 5.97 Å². The molecule has 1 saturated heterocycles. The number of H-pyrrole nitrogens is 1. The summed E-state index contributed by atoms with van der Waals surface area (Å²) >= 11 is 0. The van der Waals surface area contributed by atoms with Crippen molar-refractivity contribution in [1.82, 2.24) is 25.9 Å². The second-order valence-electron chi connectivity index (χ2n) is 6.03. The van der Waals surface area contributed by atoms with E-state index in [4.69, 9.17) is 0 Å². The minimum atomic E-state index is -0.690. The van der Waals surface area contributed by atoms with Gasteiger partial charge in [0, 0.05) is 6.42 Å². The fraction of sp³-hybridized carbons (Fsp3) is 0.846. The zero-order valence-corrected chi connectivity index (χ0v) is 11.5. The molecule has 0 bridgehead atoms. The quantitative estimate of drug-likeness (QED) is 0.746. The normalized spacial score (nSPS) is 33.6. The van der Waals surface area contributed by atoms with Gasteiger partial charge in [-0.25, -0.2) is 0 Å². The average Bonchev–Trinajstić information content (AvgIpc) is 2.97. The van der Waals surface area contributed by atoms with Crippen LogP contribution in [0.2, 0.25) is 0 Å². The molecule has 1 aromatic rings. The van der Waals surface area contributed by atoms with E-state index in [0.717, 1.165) is 50.9 Å². The van der Waals surface area contributed by atoms with Gasteiger partial charge in [-0.2, -0.15) is 5.21 Å². The summed E-state index contributed by atoms with van der Waals surface area (Å²) in [6.07, 6.45) is 6.32. The number of aromatic amines is 1. The number of aromatic nitrogens is 4. The van der Waals surface area contributed by atoms with E-state index in [0.29, 0.717) is 17.8 Å². The lowest BCUT2D eigenvalue weighted by Crippen LogP contribution is -2.52. The second-order valence-corrected chi connectivity index (χ2v) is 6.03. The molecule has 110 valence electrons. The topological polar surface area (TPSA) is 104 Å². The summed E-state index contributed by atoms with van der Waals surface area (Å²) < 4.78 is 0. The fourth-order valence-electron chi connectivity index (χ4n) is 3.89. The maximum atomic E-state index is 11.3. The molecular formula is C13H21N5O2. The second kappa shape index (κ2) is 5.87. The molecule has 3 N–H and O–H groups in total. The number of hydrogen-bond donors (Lipinski definition) is 3. The Labute approximate surface area is 117 Å². The summed E-state index contributed by atoms with van der Waals surface area (Å²) in [7, 11) is 0. The number of aryl methyl sites for hydroxylation is 1. The highest BCUT2D eigenvalue weighted by Crippen LogP contribution is 2.41. The molecule has 0 amide bonds. The van der Waals surface area contributed by atoms with Crippen molar-refractivity contribution in [2.24, 2.45) is 17.8 Å². The molecule has 4 atom stereocenters. The van der Waals surface area contributed by atoms with Gasteiger partial charge in [0.15, 0.2) is 5.82 Å². The van der Waals surface area contributed by atoms with Crippen LogP contribution in [0.1, 0.15) is 37.9 Å². The van der Waals surface area contributed by atoms with Crippen molar-refractivity contribution < 1.29 is 9.90 Å². The van der Waals surface area contributed by atoms with Crippen LogP contribution < -0.4 is 5.32 Å². The molecule has 2 aliphatic rings. The van der Waals surface area contributed by atoms with Gasteiger partial charge in [-0.05, 0) is 50.0 Å². The average molecular weight is 279 g/mol. The van der Waals surface area contributed by atoms with Crippen molar-refractivity contribution in [3.8, 4) is 0 Å². The van der Waals surface area contributed by atoms with Crippen LogP contribution in [0.25, 0.3) is 0 Å². The largest absolute Gasteiger partial charge is 0.480 e. The van der Waals surface area contributed by atoms with Crippen molar-refractivity contribution in [1.29, 1.82) is 0 Å². The maximum absolute atomic E-state index is 11.3. The summed E-state index contributed by atoms with van der Waals surface area (Å²) in [6.45, 7) is 0.829. The zero-order valence-electron chi connectivity index (χ0n) is 11.5. The van der Waals surface area contributed by atoms with Gasteiger partial charge in [-0.15, -0.1) is 10.2 Å². The molecule has 1 aromatic heterocycles. The van der Waals surface area contributed by atoms with Crippen LogP contribution >= 0.6 is 0 Å². The Hall–Kier alpha value is -1.50. The Morgan fingerprint density at radius 2 is 2.25 bits per heavy atom. The third kappa shape index (κ3) is 2.82. The molecule has 1 aliphatic carbocycles. The Morgan fingerprint density at radius 3 is 3.00 bits per heavy atom. The number of carboxylic acid groups (broad SMARTS) is 1. The van der Waals surface area contributed by atoms with Crippen LogP contribution in [0.5, 0.6) is 0 Å². The molecule has 2 fully saturated rings. The van der Waals surface area contributed by atoms with E-state index in [1.807, 2.05) is 0 Å². The van der Waals surface area contributed by atoms with E-state index in [-0.39, 0.29) is 6.04 Å². The molecule has 1 aliphatic heterocycles. The van der Waals surface area contributed by atoms with Gasteiger partial charge in [-0.3, -0.25) is 4.79 Å². The number of hydrogen-bond acceptors (Lipinski definition) is 5. The van der Waals surface area contributed by atoms with Gasteiger partial charge in [0.05, 0.1) is 0 Å². The number of nitrogens with zero attached hydrogens (tertiary/aromatic N) is 3. The summed E-state index contributed by atoms with van der Waals surface area (Å²) in [6, 6.07) is -0.341. The first-order chi connectivity index (χ1) is 9.74. The third-order valence-corrected chi connectivity index (χ3v) is 4.89. The molecule has 3 rings (SSSR count). The Bertz CT molecular complexity index is 450. The first kappa shape index (κ1) is 13.5. The lowest BCUT2D eigenvalue weighted by Gasteiger charge is -2.42. The number of carbonyl (C=O) groups is 1. The predicted molar refractivity (Wildman–Crippen MR) is 70.9 cm³/mol. The molecule has 20 heavy (non-hydrogen) atoms. The van der Waals surface area contributed by atoms with Crippen molar-refractivity contribution in [2.45, 2.75) is 44.6 Å². The molecule has 7 nitrogen and oxygen atoms in total. The summed E-state index contributed by atoms with van der Waals surface area (Å²) in [5, 5.41) is 26.4. The van der Waals surface area contributed by atoms with Crippen LogP contribution in [-0.2, 0) is 11.2 Å². The molecule has 0 aromatic carbocycles. The van der Waals surface area contributed by atoms with Crippen LogP contribution in [0.15, 0.2) is 0 Å². The number of tetrazole rings is 1. The lowest BCUT2D eigenvalue weighted by atomic mass is 9.67. The van der Waals surface area contributed by atoms with E-state index >= 15 is 0 Å². The number of carboxylic acids is 1. The predicted octanol–water partition coefficient (Wildman–Crippen LogP) is 0.611. The Kier molecular flexibility index (Phi) is 3.95. The summed E-state index contributed by atoms with van der Waals surface area (Å²) in [4.78, 5) is 11.3. The van der Waals surface area contributed by atoms with E-state index < -0.39 is 5.97 Å². The van der Waals surface area contributed by atoms with Gasteiger partial charge < -0.3 is 10.4 Å². The monoisotopic (exact) mass is 279 g/mol. The first-order valence-electron chi connectivity index (χ1n) is 7.42. The van der Waals surface area contributed by atoms with E-state index in [9.17, 15) is 9.90 Å². The smallest absolute Gasteiger partial charge is 0.320 e. The SMILES string of the molecule is O=C(O)[C@H]1NCC[C@@H]2C[C@H](CCc3nn[nH]n3)CC[C@@H]21. The number of nitrogens with one attached hydrogen (secondary N) is 2. The minimum Gasteiger partial charge on any atom is -0.480 e. The lowest BCUT2D eigenvalue weighted by molar-refractivity contribution is -0.143. The van der Waals surface area contributed by atoms with Crippen molar-refractivity contribution in [3.63, 3.8) is 0 Å². The highest BCUT2D eigenvalue weighted by molar-refractivity contribution is 5.74. The van der Waals surface area contributed by atoms with Crippen LogP contribution in [0.4, 0.5) is 0 Å². The van der Waals surface area contributed by atoms with Crippen molar-refractivity contribution in [3.05, 3.63) is 5.82 Å². The van der Waals surface area contributed by atoms with E-state index in [1.165, 1.54) is 0 Å². The zero-order chi connectivity index (χ0) is 13.9. The van der Waals surface area contributed by atoms with Crippen LogP contribution in [0.3, 0.4) is 0 Å². The highest BCUT2D eigenvalue weighted by Gasteiger charge is 2.40. The van der Waals surface area contributed by atoms with Gasteiger partial charge in [0.1, 0.15) is 6.04 Å². The summed E-state index contributed by atoms with van der Waals surface area (Å²) in [5.74, 6) is 1.62. The Morgan fingerprint density at radius 1 is 1.35 bits per heavy atom. The number of aliphatic carboxylic acids is 1. The number of fused-ring (bicyclic) bond motifs is 1. The van der Waals surface area contributed by atoms with Gasteiger partial charge in [0.25, 0.3) is 0 Å². The number of rotatable bonds is 4. The molecule has 2 heterocycles. The first-order valence-corrected chi connectivity index (χ1v) is 7.42. The molecule has 7 heteroatoms. The highest BCUT2D eigenvalue weighted by atomic mass is 16.4. The van der Waals surface area contributed by atoms with E-state index in [1.54, 1.807) is 0 Å². The van der Waals surface area contributed by atoms with Gasteiger partial charge >= 0.3 is 5.97 Å². The maximum Gasteiger partial charge on any atom is 0.320 e. The third-order valence-electron chi connectivity index (χ3n) is 4.89. The van der Waals surface area contributed by atoms with E-state index in [2.05, 4.69) is 25.9 Å². The molecule has 0 unspecified atom stereocenters. The van der Waals surface area contributed by atoms with Crippen molar-refractivity contribution in [2.75, 3.05) is 6.54 Å². The molecule has 0 spiro atoms. The minimum absolute atomic E-state index is 0.308. The molecular weight excluding hydrogens is 258 g/mol. The molecule has 1 saturated carbocycles. The van der Waals surface area contributed by atoms with Crippen LogP contribution in [-0.4, -0.2) is 44.3 Å². The number of piperidine rings is 1. The standard InChI is InChI=1S/C13H21N5O2/c19-13(20)12-10-3-1-8(7-9(10)5-6-14-12)2-4-11-15-17-18-16-11/h8-10,12,14H,1-7H2,(H,19,20)(H,15,16,17,18)/t8-,9+,10-,12-/m0/s1. The molecule has 0 radical (unpaired) electrons. The Balaban J connectivity index is 1.54. The van der Waals surface area contributed by atoms with Gasteiger partial charge in [-0.1, -0.05) is 11.6 Å². The summed E-state index contributed by atoms with van der Waals surface area (Å²) in [5.41, 5.74) is 0. The van der Waals surface area contributed by atoms with Crippen LogP contribution in [0, 0.1) is 17.8 Å². The van der Waals surface area contributed by atoms with Gasteiger partial charge in [0.2, 0.25) is 0 Å². The fourth-order valence-corrected chi connectivity index (χ4v) is 3.89.